The summed E-state index contributed by atoms with van der Waals surface area (Å²) < 4.78 is 8.12. The Morgan fingerprint density at radius 3 is 1.41 bits per heavy atom. The first-order valence-corrected chi connectivity index (χ1v) is 6.57. The summed E-state index contributed by atoms with van der Waals surface area (Å²) in [6, 6.07) is 19.3. The summed E-state index contributed by atoms with van der Waals surface area (Å²) in [5.74, 6) is 0. The van der Waals surface area contributed by atoms with Crippen molar-refractivity contribution in [2.45, 2.75) is 0 Å². The van der Waals surface area contributed by atoms with Crippen LogP contribution in [0, 0.1) is 0 Å². The standard InChI is InChI=1S/2C6H5N2.Al.H/c2*7-8-6-4-2-1-3-5-6;;/h2*1-5H;;/q2*-1;+2;. The van der Waals surface area contributed by atoms with Gasteiger partial charge in [0.1, 0.15) is 0 Å². The van der Waals surface area contributed by atoms with E-state index in [1.165, 1.54) is 0 Å². The van der Waals surface area contributed by atoms with Crippen molar-refractivity contribution in [1.29, 1.82) is 0 Å². The predicted octanol–water partition coefficient (Wildman–Crippen LogP) is 3.82. The molecule has 0 fully saturated rings. The van der Waals surface area contributed by atoms with E-state index in [1.54, 1.807) is 0 Å². The largest absolute Gasteiger partial charge is 0.635 e. The molecule has 0 N–H and O–H groups in total. The van der Waals surface area contributed by atoms with Crippen LogP contribution >= 0.6 is 0 Å². The number of benzene rings is 2. The molecule has 0 spiro atoms. The van der Waals surface area contributed by atoms with Gasteiger partial charge in [0.15, 0.2) is 0 Å². The van der Waals surface area contributed by atoms with Crippen LogP contribution < -0.4 is 0 Å². The monoisotopic (exact) mass is 238 g/mol. The van der Waals surface area contributed by atoms with E-state index in [0.29, 0.717) is 0 Å². The molecule has 0 aliphatic carbocycles. The van der Waals surface area contributed by atoms with E-state index in [2.05, 4.69) is 18.4 Å². The van der Waals surface area contributed by atoms with Crippen LogP contribution in [0.25, 0.3) is 0 Å². The van der Waals surface area contributed by atoms with E-state index in [4.69, 9.17) is 0 Å². The van der Waals surface area contributed by atoms with Gasteiger partial charge in [0.05, 0.1) is 11.4 Å². The maximum Gasteiger partial charge on any atom is 0.635 e. The summed E-state index contributed by atoms with van der Waals surface area (Å²) in [5, 5.41) is 8.14. The number of hydrogen-bond acceptors (Lipinski definition) is 4. The molecule has 0 atom stereocenters. The van der Waals surface area contributed by atoms with Gasteiger partial charge in [-0.15, -0.1) is 0 Å². The Hall–Kier alpha value is -1.83. The molecule has 17 heavy (non-hydrogen) atoms. The van der Waals surface area contributed by atoms with E-state index in [9.17, 15) is 0 Å². The highest BCUT2D eigenvalue weighted by molar-refractivity contribution is 6.29. The van der Waals surface area contributed by atoms with Gasteiger partial charge >= 0.3 is 15.7 Å². The number of hydrogen-bond donors (Lipinski definition) is 0. The predicted molar refractivity (Wildman–Crippen MR) is 69.1 cm³/mol. The lowest BCUT2D eigenvalue weighted by Gasteiger charge is -1.89. The molecule has 0 amide bonds. The molecule has 4 nitrogen and oxygen atoms in total. The van der Waals surface area contributed by atoms with E-state index in [1.807, 2.05) is 60.7 Å². The van der Waals surface area contributed by atoms with Gasteiger partial charge in [-0.1, -0.05) is 36.4 Å². The topological polar surface area (TPSA) is 49.4 Å². The number of rotatable bonds is 4. The highest BCUT2D eigenvalue weighted by atomic mass is 27.1. The van der Waals surface area contributed by atoms with Crippen LogP contribution in [0.1, 0.15) is 0 Å². The molecule has 2 aromatic rings. The summed E-state index contributed by atoms with van der Waals surface area (Å²) in [6.45, 7) is 0. The Bertz CT molecular complexity index is 449. The Morgan fingerprint density at radius 1 is 0.588 bits per heavy atom. The molecule has 2 rings (SSSR count). The average Bonchev–Trinajstić information content (AvgIpc) is 2.41. The van der Waals surface area contributed by atoms with Gasteiger partial charge < -0.3 is 0 Å². The Kier molecular flexibility index (Phi) is 4.59. The molecular formula is C12H11AlN4. The van der Waals surface area contributed by atoms with Gasteiger partial charge in [-0.25, -0.2) is 0 Å². The second kappa shape index (κ2) is 6.69. The van der Waals surface area contributed by atoms with Gasteiger partial charge in [-0.2, -0.15) is 10.2 Å². The van der Waals surface area contributed by atoms with Gasteiger partial charge in [0.2, 0.25) is 0 Å². The van der Waals surface area contributed by atoms with Crippen LogP contribution in [0.2, 0.25) is 0 Å². The first-order chi connectivity index (χ1) is 8.45. The minimum atomic E-state index is -0.960. The van der Waals surface area contributed by atoms with Crippen molar-refractivity contribution in [3.8, 4) is 0 Å². The van der Waals surface area contributed by atoms with Gasteiger partial charge in [-0.3, -0.25) is 8.20 Å². The van der Waals surface area contributed by atoms with Gasteiger partial charge in [0, 0.05) is 0 Å². The third kappa shape index (κ3) is 4.27. The molecular weight excluding hydrogens is 227 g/mol. The number of nitrogens with zero attached hydrogens (tertiary/aromatic N) is 4. The Morgan fingerprint density at radius 2 is 1.00 bits per heavy atom. The normalized spacial score (nSPS) is 11.1. The lowest BCUT2D eigenvalue weighted by atomic mass is 10.3. The van der Waals surface area contributed by atoms with Crippen molar-refractivity contribution in [3.05, 3.63) is 60.7 Å². The van der Waals surface area contributed by atoms with Gasteiger partial charge in [-0.05, 0) is 24.3 Å². The van der Waals surface area contributed by atoms with Crippen LogP contribution in [0.15, 0.2) is 79.1 Å². The molecule has 5 heteroatoms. The molecule has 0 heterocycles. The SMILES string of the molecule is c1ccc(N=[N][AlH][N]=Nc2ccccc2)cc1. The van der Waals surface area contributed by atoms with Crippen LogP contribution in [-0.2, 0) is 0 Å². The lowest BCUT2D eigenvalue weighted by Crippen LogP contribution is -1.74. The third-order valence-corrected chi connectivity index (χ3v) is 2.55. The molecule has 0 radical (unpaired) electrons. The van der Waals surface area contributed by atoms with Crippen molar-refractivity contribution in [1.82, 2.24) is 0 Å². The van der Waals surface area contributed by atoms with E-state index < -0.39 is 15.7 Å². The molecule has 0 aliphatic heterocycles. The second-order valence-corrected chi connectivity index (χ2v) is 4.14. The maximum atomic E-state index is 4.07. The molecule has 0 aliphatic rings. The second-order valence-electron chi connectivity index (χ2n) is 3.30. The molecule has 2 aromatic carbocycles. The van der Waals surface area contributed by atoms with Crippen LogP contribution in [0.3, 0.4) is 0 Å². The maximum absolute atomic E-state index is 4.07. The van der Waals surface area contributed by atoms with E-state index in [0.717, 1.165) is 11.4 Å². The van der Waals surface area contributed by atoms with Crippen molar-refractivity contribution >= 4 is 27.0 Å². The summed E-state index contributed by atoms with van der Waals surface area (Å²) in [6.07, 6.45) is 0. The minimum absolute atomic E-state index is 0.856. The summed E-state index contributed by atoms with van der Waals surface area (Å²) >= 11 is -0.960. The average molecular weight is 238 g/mol. The summed E-state index contributed by atoms with van der Waals surface area (Å²) in [5.41, 5.74) is 1.71. The molecule has 82 valence electrons. The molecule has 0 unspecified atom stereocenters. The molecule has 0 bridgehead atoms. The highest BCUT2D eigenvalue weighted by Crippen LogP contribution is 2.11. The molecule has 0 saturated heterocycles. The minimum Gasteiger partial charge on any atom is -0.283 e. The fourth-order valence-corrected chi connectivity index (χ4v) is 1.75. The van der Waals surface area contributed by atoms with Crippen molar-refractivity contribution in [2.75, 3.05) is 0 Å². The summed E-state index contributed by atoms with van der Waals surface area (Å²) in [4.78, 5) is 0. The van der Waals surface area contributed by atoms with Crippen molar-refractivity contribution in [3.63, 3.8) is 0 Å². The smallest absolute Gasteiger partial charge is 0.283 e. The van der Waals surface area contributed by atoms with Gasteiger partial charge in [0.25, 0.3) is 0 Å². The quantitative estimate of drug-likeness (QED) is 0.574. The zero-order chi connectivity index (χ0) is 11.8. The molecule has 0 saturated carbocycles. The van der Waals surface area contributed by atoms with Crippen LogP contribution in [-0.4, -0.2) is 15.7 Å². The first-order valence-electron chi connectivity index (χ1n) is 5.30. The van der Waals surface area contributed by atoms with Crippen LogP contribution in [0.5, 0.6) is 0 Å². The third-order valence-electron chi connectivity index (χ3n) is 2.01. The van der Waals surface area contributed by atoms with E-state index >= 15 is 0 Å². The molecule has 0 aromatic heterocycles. The zero-order valence-electron chi connectivity index (χ0n) is 9.27. The summed E-state index contributed by atoms with van der Waals surface area (Å²) in [7, 11) is 0. The zero-order valence-corrected chi connectivity index (χ0v) is 10.7. The first kappa shape index (κ1) is 11.7. The van der Waals surface area contributed by atoms with Crippen molar-refractivity contribution < 1.29 is 0 Å². The van der Waals surface area contributed by atoms with E-state index in [-0.39, 0.29) is 0 Å². The van der Waals surface area contributed by atoms with Crippen molar-refractivity contribution in [2.24, 2.45) is 18.4 Å². The fraction of sp³-hybridized carbons (Fsp3) is 0. The Labute approximate surface area is 106 Å². The fourth-order valence-electron chi connectivity index (χ4n) is 1.24. The lowest BCUT2D eigenvalue weighted by molar-refractivity contribution is 1.25. The van der Waals surface area contributed by atoms with Crippen LogP contribution in [0.4, 0.5) is 11.4 Å². The Balaban J connectivity index is 1.84. The highest BCUT2D eigenvalue weighted by Gasteiger charge is 1.90.